The van der Waals surface area contributed by atoms with Crippen LogP contribution in [0.15, 0.2) is 21.9 Å². The number of aryl methyl sites for hydroxylation is 1. The number of halogens is 1. The van der Waals surface area contributed by atoms with E-state index in [9.17, 15) is 0 Å². The summed E-state index contributed by atoms with van der Waals surface area (Å²) in [7, 11) is 2.05. The van der Waals surface area contributed by atoms with E-state index in [0.29, 0.717) is 6.04 Å². The van der Waals surface area contributed by atoms with Crippen molar-refractivity contribution in [3.8, 4) is 10.8 Å². The molecule has 3 rings (SSSR count). The van der Waals surface area contributed by atoms with Gasteiger partial charge in [0.2, 0.25) is 5.89 Å². The molecule has 3 heterocycles. The summed E-state index contributed by atoms with van der Waals surface area (Å²) in [6.45, 7) is 5.15. The minimum absolute atomic E-state index is 0. The molecule has 116 valence electrons. The molecule has 1 atom stereocenters. The molecule has 0 radical (unpaired) electrons. The van der Waals surface area contributed by atoms with Crippen LogP contribution in [-0.4, -0.2) is 36.1 Å². The number of thiophene rings is 1. The van der Waals surface area contributed by atoms with Crippen molar-refractivity contribution < 1.29 is 4.42 Å². The lowest BCUT2D eigenvalue weighted by Crippen LogP contribution is -2.44. The highest BCUT2D eigenvalue weighted by atomic mass is 35.5. The van der Waals surface area contributed by atoms with E-state index in [1.54, 1.807) is 11.3 Å². The van der Waals surface area contributed by atoms with Crippen LogP contribution in [0.4, 0.5) is 0 Å². The summed E-state index contributed by atoms with van der Waals surface area (Å²) in [5, 5.41) is 5.43. The first-order valence-electron chi connectivity index (χ1n) is 7.16. The van der Waals surface area contributed by atoms with E-state index < -0.39 is 0 Å². The summed E-state index contributed by atoms with van der Waals surface area (Å²) in [4.78, 5) is 8.25. The molecule has 2 aromatic rings. The Kier molecular flexibility index (Phi) is 5.81. The lowest BCUT2D eigenvalue weighted by atomic mass is 10.1. The number of likely N-dealkylation sites (tertiary alicyclic amines) is 1. The van der Waals surface area contributed by atoms with E-state index in [2.05, 4.69) is 26.6 Å². The van der Waals surface area contributed by atoms with Crippen LogP contribution >= 0.6 is 23.7 Å². The second kappa shape index (κ2) is 7.40. The van der Waals surface area contributed by atoms with Gasteiger partial charge in [0.15, 0.2) is 0 Å². The first kappa shape index (κ1) is 16.5. The van der Waals surface area contributed by atoms with Crippen LogP contribution in [0.5, 0.6) is 0 Å². The number of likely N-dealkylation sites (N-methyl/N-ethyl adjacent to an activating group) is 1. The Morgan fingerprint density at radius 3 is 3.10 bits per heavy atom. The highest BCUT2D eigenvalue weighted by molar-refractivity contribution is 7.13. The number of nitrogens with zero attached hydrogens (tertiary/aromatic N) is 2. The van der Waals surface area contributed by atoms with Crippen molar-refractivity contribution in [1.29, 1.82) is 0 Å². The number of piperidine rings is 1. The number of hydrogen-bond donors (Lipinski definition) is 1. The van der Waals surface area contributed by atoms with Crippen molar-refractivity contribution in [1.82, 2.24) is 15.2 Å². The fraction of sp³-hybridized carbons (Fsp3) is 0.533. The van der Waals surface area contributed by atoms with E-state index in [1.807, 2.05) is 20.0 Å². The molecular formula is C15H22ClN3OS. The third kappa shape index (κ3) is 3.86. The molecule has 1 N–H and O–H groups in total. The fourth-order valence-electron chi connectivity index (χ4n) is 2.73. The molecule has 1 fully saturated rings. The first-order chi connectivity index (χ1) is 9.76. The van der Waals surface area contributed by atoms with Crippen LogP contribution < -0.4 is 5.32 Å². The fourth-order valence-corrected chi connectivity index (χ4v) is 3.38. The third-order valence-corrected chi connectivity index (χ3v) is 4.77. The van der Waals surface area contributed by atoms with Crippen molar-refractivity contribution in [3.05, 3.63) is 29.0 Å². The van der Waals surface area contributed by atoms with Crippen molar-refractivity contribution in [2.24, 2.45) is 0 Å². The molecule has 1 saturated heterocycles. The largest absolute Gasteiger partial charge is 0.440 e. The number of aromatic nitrogens is 1. The van der Waals surface area contributed by atoms with Crippen LogP contribution in [0, 0.1) is 6.92 Å². The number of nitrogens with one attached hydrogen (secondary N) is 1. The van der Waals surface area contributed by atoms with Gasteiger partial charge in [-0.2, -0.15) is 0 Å². The molecule has 1 aliphatic heterocycles. The topological polar surface area (TPSA) is 41.3 Å². The van der Waals surface area contributed by atoms with E-state index >= 15 is 0 Å². The summed E-state index contributed by atoms with van der Waals surface area (Å²) in [6.07, 6.45) is 2.52. The maximum absolute atomic E-state index is 5.81. The van der Waals surface area contributed by atoms with Gasteiger partial charge in [0.1, 0.15) is 5.76 Å². The molecule has 1 aliphatic rings. The molecule has 0 amide bonds. The SMILES string of the molecule is CNC1CCCN(Cc2nc(-c3cccs3)oc2C)C1.Cl. The molecule has 21 heavy (non-hydrogen) atoms. The van der Waals surface area contributed by atoms with Gasteiger partial charge in [-0.15, -0.1) is 23.7 Å². The van der Waals surface area contributed by atoms with E-state index in [0.717, 1.165) is 41.9 Å². The Bertz CT molecular complexity index is 555. The average molecular weight is 328 g/mol. The maximum atomic E-state index is 5.81. The van der Waals surface area contributed by atoms with Gasteiger partial charge in [0.05, 0.1) is 10.6 Å². The molecule has 4 nitrogen and oxygen atoms in total. The minimum Gasteiger partial charge on any atom is -0.440 e. The third-order valence-electron chi connectivity index (χ3n) is 3.91. The molecule has 0 saturated carbocycles. The lowest BCUT2D eigenvalue weighted by Gasteiger charge is -2.31. The highest BCUT2D eigenvalue weighted by Crippen LogP contribution is 2.26. The second-order valence-corrected chi connectivity index (χ2v) is 6.31. The molecule has 0 aliphatic carbocycles. The first-order valence-corrected chi connectivity index (χ1v) is 8.04. The highest BCUT2D eigenvalue weighted by Gasteiger charge is 2.21. The second-order valence-electron chi connectivity index (χ2n) is 5.36. The normalized spacial score (nSPS) is 19.4. The number of oxazole rings is 1. The van der Waals surface area contributed by atoms with Gasteiger partial charge in [-0.05, 0) is 44.8 Å². The van der Waals surface area contributed by atoms with Crippen molar-refractivity contribution in [2.45, 2.75) is 32.4 Å². The van der Waals surface area contributed by atoms with Crippen molar-refractivity contribution in [3.63, 3.8) is 0 Å². The molecule has 2 aromatic heterocycles. The van der Waals surface area contributed by atoms with Gasteiger partial charge in [-0.3, -0.25) is 4.90 Å². The van der Waals surface area contributed by atoms with E-state index in [1.165, 1.54) is 12.8 Å². The van der Waals surface area contributed by atoms with Gasteiger partial charge < -0.3 is 9.73 Å². The standard InChI is InChI=1S/C15H21N3OS.ClH/c1-11-13(10-18-7-3-5-12(9-18)16-2)17-15(19-11)14-6-4-8-20-14;/h4,6,8,12,16H,3,5,7,9-10H2,1-2H3;1H. The zero-order chi connectivity index (χ0) is 13.9. The van der Waals surface area contributed by atoms with Gasteiger partial charge in [0.25, 0.3) is 0 Å². The molecule has 0 spiro atoms. The summed E-state index contributed by atoms with van der Waals surface area (Å²) in [6, 6.07) is 4.69. The molecule has 0 bridgehead atoms. The van der Waals surface area contributed by atoms with Crippen molar-refractivity contribution in [2.75, 3.05) is 20.1 Å². The van der Waals surface area contributed by atoms with E-state index in [4.69, 9.17) is 4.42 Å². The summed E-state index contributed by atoms with van der Waals surface area (Å²) in [5.74, 6) is 1.70. The smallest absolute Gasteiger partial charge is 0.236 e. The molecule has 0 aromatic carbocycles. The van der Waals surface area contributed by atoms with Crippen molar-refractivity contribution >= 4 is 23.7 Å². The minimum atomic E-state index is 0. The molecular weight excluding hydrogens is 306 g/mol. The quantitative estimate of drug-likeness (QED) is 0.935. The van der Waals surface area contributed by atoms with Crippen LogP contribution in [0.1, 0.15) is 24.3 Å². The summed E-state index contributed by atoms with van der Waals surface area (Å²) in [5.41, 5.74) is 1.07. The Morgan fingerprint density at radius 2 is 2.38 bits per heavy atom. The maximum Gasteiger partial charge on any atom is 0.236 e. The Hall–Kier alpha value is -0.880. The van der Waals surface area contributed by atoms with Crippen LogP contribution in [-0.2, 0) is 6.54 Å². The lowest BCUT2D eigenvalue weighted by molar-refractivity contribution is 0.185. The number of hydrogen-bond acceptors (Lipinski definition) is 5. The van der Waals surface area contributed by atoms with Gasteiger partial charge in [-0.1, -0.05) is 6.07 Å². The number of rotatable bonds is 4. The van der Waals surface area contributed by atoms with Gasteiger partial charge in [0, 0.05) is 19.1 Å². The summed E-state index contributed by atoms with van der Waals surface area (Å²) >= 11 is 1.67. The Labute approximate surface area is 136 Å². The monoisotopic (exact) mass is 327 g/mol. The van der Waals surface area contributed by atoms with Crippen LogP contribution in [0.25, 0.3) is 10.8 Å². The summed E-state index contributed by atoms with van der Waals surface area (Å²) < 4.78 is 5.81. The predicted octanol–water partition coefficient (Wildman–Crippen LogP) is 3.32. The molecule has 6 heteroatoms. The van der Waals surface area contributed by atoms with Crippen LogP contribution in [0.3, 0.4) is 0 Å². The van der Waals surface area contributed by atoms with Gasteiger partial charge >= 0.3 is 0 Å². The van der Waals surface area contributed by atoms with Crippen LogP contribution in [0.2, 0.25) is 0 Å². The average Bonchev–Trinajstić information content (AvgIpc) is 3.10. The van der Waals surface area contributed by atoms with E-state index in [-0.39, 0.29) is 12.4 Å². The zero-order valence-corrected chi connectivity index (χ0v) is 14.1. The predicted molar refractivity (Wildman–Crippen MR) is 89.2 cm³/mol. The Balaban J connectivity index is 0.00000161. The molecule has 1 unspecified atom stereocenters. The Morgan fingerprint density at radius 1 is 1.52 bits per heavy atom. The van der Waals surface area contributed by atoms with Gasteiger partial charge in [-0.25, -0.2) is 4.98 Å². The zero-order valence-electron chi connectivity index (χ0n) is 12.5.